The van der Waals surface area contributed by atoms with E-state index >= 15 is 0 Å². The van der Waals surface area contributed by atoms with Crippen molar-refractivity contribution in [2.45, 2.75) is 26.7 Å². The first-order valence-electron chi connectivity index (χ1n) is 11.0. The van der Waals surface area contributed by atoms with E-state index in [0.29, 0.717) is 11.4 Å². The third-order valence-corrected chi connectivity index (χ3v) is 6.67. The Bertz CT molecular complexity index is 1180. The molecule has 0 saturated carbocycles. The van der Waals surface area contributed by atoms with E-state index in [-0.39, 0.29) is 18.1 Å². The molecule has 5 rings (SSSR count). The Kier molecular flexibility index (Phi) is 4.73. The Morgan fingerprint density at radius 2 is 1.71 bits per heavy atom. The Morgan fingerprint density at radius 1 is 1.03 bits per heavy atom. The molecule has 0 atom stereocenters. The Morgan fingerprint density at radius 3 is 2.42 bits per heavy atom. The smallest absolute Gasteiger partial charge is 0.148 e. The number of aliphatic hydroxyl groups excluding tert-OH is 1. The Labute approximate surface area is 182 Å². The van der Waals surface area contributed by atoms with Crippen molar-refractivity contribution < 1.29 is 5.11 Å². The van der Waals surface area contributed by atoms with Crippen molar-refractivity contribution in [3.63, 3.8) is 0 Å². The summed E-state index contributed by atoms with van der Waals surface area (Å²) in [4.78, 5) is 9.01. The second-order valence-electron chi connectivity index (χ2n) is 8.93. The summed E-state index contributed by atoms with van der Waals surface area (Å²) < 4.78 is 1.96. The number of aliphatic hydroxyl groups is 1. The first kappa shape index (κ1) is 19.7. The van der Waals surface area contributed by atoms with Gasteiger partial charge in [-0.05, 0) is 67.6 Å². The molecule has 31 heavy (non-hydrogen) atoms. The van der Waals surface area contributed by atoms with Crippen LogP contribution in [-0.4, -0.2) is 40.1 Å². The second kappa shape index (κ2) is 7.45. The van der Waals surface area contributed by atoms with Crippen LogP contribution >= 0.6 is 0 Å². The number of fused-ring (bicyclic) bond motifs is 1. The number of imidazole rings is 1. The van der Waals surface area contributed by atoms with Gasteiger partial charge in [0, 0.05) is 31.5 Å². The van der Waals surface area contributed by atoms with Crippen molar-refractivity contribution in [3.05, 3.63) is 59.6 Å². The molecule has 0 amide bonds. The van der Waals surface area contributed by atoms with Gasteiger partial charge in [0.25, 0.3) is 0 Å². The lowest BCUT2D eigenvalue weighted by atomic mass is 9.99. The first-order chi connectivity index (χ1) is 14.9. The molecule has 0 aliphatic carbocycles. The van der Waals surface area contributed by atoms with Gasteiger partial charge >= 0.3 is 0 Å². The minimum atomic E-state index is 0.189. The summed E-state index contributed by atoms with van der Waals surface area (Å²) in [7, 11) is 1.94. The maximum absolute atomic E-state index is 10.8. The van der Waals surface area contributed by atoms with Crippen LogP contribution in [0.4, 0.5) is 11.4 Å². The number of rotatable bonds is 3. The Hall–Kier alpha value is -3.28. The molecular weight excluding hydrogens is 386 g/mol. The number of hydrogen-bond acceptors (Lipinski definition) is 4. The van der Waals surface area contributed by atoms with Crippen molar-refractivity contribution >= 4 is 33.8 Å². The van der Waals surface area contributed by atoms with E-state index < -0.39 is 0 Å². The fourth-order valence-electron chi connectivity index (χ4n) is 4.68. The van der Waals surface area contributed by atoms with Crippen LogP contribution in [0.3, 0.4) is 0 Å². The van der Waals surface area contributed by atoms with E-state index in [0.717, 1.165) is 41.3 Å². The van der Waals surface area contributed by atoms with Crippen LogP contribution in [-0.2, 0) is 7.05 Å². The van der Waals surface area contributed by atoms with Crippen molar-refractivity contribution in [2.24, 2.45) is 13.0 Å². The van der Waals surface area contributed by atoms with E-state index in [9.17, 15) is 5.11 Å². The molecule has 3 heterocycles. The highest BCUT2D eigenvalue weighted by Gasteiger charge is 2.32. The average molecular weight is 416 g/mol. The number of aromatic nitrogens is 2. The quantitative estimate of drug-likeness (QED) is 0.639. The molecule has 2 aromatic carbocycles. The number of anilines is 2. The van der Waals surface area contributed by atoms with Crippen LogP contribution in [0.5, 0.6) is 0 Å². The lowest BCUT2D eigenvalue weighted by molar-refractivity contribution is 0.411. The standard InChI is InChI=1S/C25H29N5O/c1-16-10-12-29(13-11-16)18-5-7-19(8-6-18)30-15-22(31)23(24(30)26)25-27-20-14-17(2)4-9-21(20)28(25)3/h4-9,14,16,26,31H,10-13,15H2,1-3H3. The van der Waals surface area contributed by atoms with Gasteiger partial charge in [0.1, 0.15) is 17.4 Å². The highest BCUT2D eigenvalue weighted by atomic mass is 16.3. The SMILES string of the molecule is Cc1ccc2c(c1)nc(C1=C(O)CN(c3ccc(N4CCC(C)CC4)cc3)C1=N)n2C. The summed E-state index contributed by atoms with van der Waals surface area (Å²) >= 11 is 0. The predicted molar refractivity (Wildman–Crippen MR) is 127 cm³/mol. The zero-order valence-electron chi connectivity index (χ0n) is 18.4. The van der Waals surface area contributed by atoms with Crippen molar-refractivity contribution in [1.29, 1.82) is 5.41 Å². The molecule has 0 bridgehead atoms. The molecule has 6 heteroatoms. The lowest BCUT2D eigenvalue weighted by Crippen LogP contribution is -2.32. The van der Waals surface area contributed by atoms with Crippen LogP contribution < -0.4 is 9.80 Å². The van der Waals surface area contributed by atoms with Crippen LogP contribution in [0, 0.1) is 18.3 Å². The highest BCUT2D eigenvalue weighted by molar-refractivity contribution is 6.30. The number of amidine groups is 1. The third-order valence-electron chi connectivity index (χ3n) is 6.67. The molecule has 2 N–H and O–H groups in total. The number of nitrogens with zero attached hydrogens (tertiary/aromatic N) is 4. The molecule has 1 aromatic heterocycles. The van der Waals surface area contributed by atoms with Gasteiger partial charge < -0.3 is 19.5 Å². The maximum Gasteiger partial charge on any atom is 0.148 e. The van der Waals surface area contributed by atoms with Gasteiger partial charge in [-0.15, -0.1) is 0 Å². The molecule has 1 saturated heterocycles. The summed E-state index contributed by atoms with van der Waals surface area (Å²) in [6, 6.07) is 14.5. The first-order valence-corrected chi connectivity index (χ1v) is 11.0. The molecule has 2 aliphatic heterocycles. The normalized spacial score (nSPS) is 18.0. The molecular formula is C25H29N5O. The molecule has 3 aromatic rings. The zero-order valence-corrected chi connectivity index (χ0v) is 18.4. The van der Waals surface area contributed by atoms with Crippen LogP contribution in [0.15, 0.2) is 48.2 Å². The average Bonchev–Trinajstić information content (AvgIpc) is 3.23. The van der Waals surface area contributed by atoms with Gasteiger partial charge in [-0.3, -0.25) is 5.41 Å². The summed E-state index contributed by atoms with van der Waals surface area (Å²) in [5, 5.41) is 19.6. The van der Waals surface area contributed by atoms with Crippen LogP contribution in [0.2, 0.25) is 0 Å². The molecule has 1 fully saturated rings. The number of piperidine rings is 1. The lowest BCUT2D eigenvalue weighted by Gasteiger charge is -2.32. The van der Waals surface area contributed by atoms with Gasteiger partial charge in [0.2, 0.25) is 0 Å². The van der Waals surface area contributed by atoms with Crippen molar-refractivity contribution in [2.75, 3.05) is 29.4 Å². The Balaban J connectivity index is 1.40. The van der Waals surface area contributed by atoms with E-state index in [1.165, 1.54) is 18.5 Å². The molecule has 0 radical (unpaired) electrons. The minimum absolute atomic E-state index is 0.189. The van der Waals surface area contributed by atoms with E-state index in [1.54, 1.807) is 0 Å². The number of nitrogens with one attached hydrogen (secondary N) is 1. The van der Waals surface area contributed by atoms with Gasteiger partial charge in [0.05, 0.1) is 23.2 Å². The zero-order chi connectivity index (χ0) is 21.7. The van der Waals surface area contributed by atoms with Gasteiger partial charge in [-0.2, -0.15) is 0 Å². The fraction of sp³-hybridized carbons (Fsp3) is 0.360. The number of aryl methyl sites for hydroxylation is 2. The summed E-state index contributed by atoms with van der Waals surface area (Å²) in [6.07, 6.45) is 2.47. The van der Waals surface area contributed by atoms with Crippen molar-refractivity contribution in [3.8, 4) is 0 Å². The molecule has 160 valence electrons. The van der Waals surface area contributed by atoms with Crippen molar-refractivity contribution in [1.82, 2.24) is 9.55 Å². The minimum Gasteiger partial charge on any atom is -0.509 e. The van der Waals surface area contributed by atoms with Gasteiger partial charge in [-0.1, -0.05) is 13.0 Å². The summed E-state index contributed by atoms with van der Waals surface area (Å²) in [5.74, 6) is 1.91. The van der Waals surface area contributed by atoms with Crippen LogP contribution in [0.25, 0.3) is 16.6 Å². The maximum atomic E-state index is 10.8. The van der Waals surface area contributed by atoms with Gasteiger partial charge in [-0.25, -0.2) is 4.98 Å². The monoisotopic (exact) mass is 415 g/mol. The van der Waals surface area contributed by atoms with Gasteiger partial charge in [0.15, 0.2) is 0 Å². The fourth-order valence-corrected chi connectivity index (χ4v) is 4.68. The largest absolute Gasteiger partial charge is 0.509 e. The highest BCUT2D eigenvalue weighted by Crippen LogP contribution is 2.33. The predicted octanol–water partition coefficient (Wildman–Crippen LogP) is 4.88. The van der Waals surface area contributed by atoms with Crippen LogP contribution in [0.1, 0.15) is 31.2 Å². The van der Waals surface area contributed by atoms with E-state index in [4.69, 9.17) is 10.4 Å². The molecule has 0 spiro atoms. The van der Waals surface area contributed by atoms with E-state index in [2.05, 4.69) is 42.2 Å². The topological polar surface area (TPSA) is 68.4 Å². The molecule has 6 nitrogen and oxygen atoms in total. The molecule has 2 aliphatic rings. The molecule has 0 unspecified atom stereocenters. The summed E-state index contributed by atoms with van der Waals surface area (Å²) in [5.41, 5.74) is 5.66. The third kappa shape index (κ3) is 3.36. The number of benzene rings is 2. The van der Waals surface area contributed by atoms with E-state index in [1.807, 2.05) is 35.6 Å². The summed E-state index contributed by atoms with van der Waals surface area (Å²) in [6.45, 7) is 6.84. The second-order valence-corrected chi connectivity index (χ2v) is 8.93. The number of hydrogen-bond donors (Lipinski definition) is 2.